The molecule has 0 spiro atoms. The van der Waals surface area contributed by atoms with Gasteiger partial charge in [-0.2, -0.15) is 0 Å². The minimum Gasteiger partial charge on any atom is -0.393 e. The Hall–Kier alpha value is -0.280. The van der Waals surface area contributed by atoms with Crippen molar-refractivity contribution in [2.45, 2.75) is 82.6 Å². The van der Waals surface area contributed by atoms with Crippen LogP contribution >= 0.6 is 0 Å². The predicted octanol–water partition coefficient (Wildman–Crippen LogP) is 0.152. The zero-order chi connectivity index (χ0) is 16.5. The summed E-state index contributed by atoms with van der Waals surface area (Å²) in [7, 11) is 0. The maximum absolute atomic E-state index is 10.1. The Morgan fingerprint density at radius 1 is 0.818 bits per heavy atom. The lowest BCUT2D eigenvalue weighted by molar-refractivity contribution is -0.157. The van der Waals surface area contributed by atoms with E-state index in [9.17, 15) is 15.3 Å². The van der Waals surface area contributed by atoms with Crippen molar-refractivity contribution in [2.75, 3.05) is 13.2 Å². The van der Waals surface area contributed by atoms with Gasteiger partial charge in [-0.1, -0.05) is 0 Å². The molecule has 2 rings (SSSR count). The summed E-state index contributed by atoms with van der Waals surface area (Å²) in [5, 5.41) is 30.3. The van der Waals surface area contributed by atoms with Crippen molar-refractivity contribution in [2.24, 2.45) is 0 Å². The van der Waals surface area contributed by atoms with Crippen LogP contribution < -0.4 is 0 Å². The van der Waals surface area contributed by atoms with Gasteiger partial charge in [0.25, 0.3) is 0 Å². The molecule has 0 aromatic rings. The molecule has 0 bridgehead atoms. The first kappa shape index (κ1) is 18.1. The van der Waals surface area contributed by atoms with Crippen LogP contribution in [0.15, 0.2) is 0 Å². The second-order valence-corrected chi connectivity index (χ2v) is 6.99. The van der Waals surface area contributed by atoms with Crippen LogP contribution in [-0.2, 0) is 18.9 Å². The number of aliphatic hydroxyl groups is 3. The third-order valence-corrected chi connectivity index (χ3v) is 3.95. The molecule has 2 unspecified atom stereocenters. The fourth-order valence-corrected chi connectivity index (χ4v) is 2.77. The van der Waals surface area contributed by atoms with Crippen LogP contribution in [0.3, 0.4) is 0 Å². The van der Waals surface area contributed by atoms with Gasteiger partial charge in [-0.25, -0.2) is 0 Å². The van der Waals surface area contributed by atoms with E-state index in [2.05, 4.69) is 0 Å². The summed E-state index contributed by atoms with van der Waals surface area (Å²) in [5.74, 6) is -1.42. The molecule has 2 saturated heterocycles. The van der Waals surface area contributed by atoms with E-state index in [1.165, 1.54) is 0 Å². The van der Waals surface area contributed by atoms with Gasteiger partial charge in [0.1, 0.15) is 12.2 Å². The average molecular weight is 320 g/mol. The SMILES string of the molecule is CC1(C)OC[C@H](C(O)CC(O)CC(O)[C@H]2COC(C)(C)O2)O1. The molecule has 0 radical (unpaired) electrons. The van der Waals surface area contributed by atoms with E-state index in [0.29, 0.717) is 0 Å². The quantitative estimate of drug-likeness (QED) is 0.641. The molecule has 4 atom stereocenters. The zero-order valence-electron chi connectivity index (χ0n) is 13.7. The van der Waals surface area contributed by atoms with Gasteiger partial charge in [0.05, 0.1) is 31.5 Å². The Kier molecular flexibility index (Phi) is 5.49. The smallest absolute Gasteiger partial charge is 0.163 e. The molecule has 130 valence electrons. The van der Waals surface area contributed by atoms with Gasteiger partial charge in [0.2, 0.25) is 0 Å². The second kappa shape index (κ2) is 6.68. The monoisotopic (exact) mass is 320 g/mol. The molecule has 0 amide bonds. The molecule has 7 nitrogen and oxygen atoms in total. The maximum atomic E-state index is 10.1. The third kappa shape index (κ3) is 4.86. The largest absolute Gasteiger partial charge is 0.393 e. The lowest BCUT2D eigenvalue weighted by atomic mass is 10.00. The minimum atomic E-state index is -0.857. The van der Waals surface area contributed by atoms with Crippen molar-refractivity contribution >= 4 is 0 Å². The Balaban J connectivity index is 1.74. The van der Waals surface area contributed by atoms with Crippen LogP contribution in [-0.4, -0.2) is 70.6 Å². The first-order valence-corrected chi connectivity index (χ1v) is 7.76. The van der Waals surface area contributed by atoms with E-state index < -0.39 is 42.1 Å². The van der Waals surface area contributed by atoms with Gasteiger partial charge >= 0.3 is 0 Å². The molecule has 2 aliphatic rings. The Morgan fingerprint density at radius 2 is 1.18 bits per heavy atom. The highest BCUT2D eigenvalue weighted by molar-refractivity contribution is 4.83. The topological polar surface area (TPSA) is 97.6 Å². The van der Waals surface area contributed by atoms with Gasteiger partial charge in [-0.05, 0) is 27.7 Å². The van der Waals surface area contributed by atoms with E-state index in [1.54, 1.807) is 27.7 Å². The van der Waals surface area contributed by atoms with Crippen LogP contribution in [0.5, 0.6) is 0 Å². The molecule has 3 N–H and O–H groups in total. The molecular formula is C15H28O7. The van der Waals surface area contributed by atoms with E-state index >= 15 is 0 Å². The lowest BCUT2D eigenvalue weighted by Gasteiger charge is -2.25. The van der Waals surface area contributed by atoms with Crippen LogP contribution in [0.25, 0.3) is 0 Å². The van der Waals surface area contributed by atoms with Gasteiger partial charge in [0, 0.05) is 12.8 Å². The molecule has 7 heteroatoms. The number of aliphatic hydroxyl groups excluding tert-OH is 3. The van der Waals surface area contributed by atoms with E-state index in [-0.39, 0.29) is 26.1 Å². The highest BCUT2D eigenvalue weighted by Crippen LogP contribution is 2.28. The summed E-state index contributed by atoms with van der Waals surface area (Å²) in [6.45, 7) is 7.69. The summed E-state index contributed by atoms with van der Waals surface area (Å²) < 4.78 is 21.9. The maximum Gasteiger partial charge on any atom is 0.163 e. The van der Waals surface area contributed by atoms with E-state index in [4.69, 9.17) is 18.9 Å². The normalized spacial score (nSPS) is 34.5. The van der Waals surface area contributed by atoms with Crippen LogP contribution in [0.4, 0.5) is 0 Å². The zero-order valence-corrected chi connectivity index (χ0v) is 13.7. The Labute approximate surface area is 131 Å². The minimum absolute atomic E-state index is 0.109. The number of rotatable bonds is 6. The van der Waals surface area contributed by atoms with Crippen molar-refractivity contribution in [3.8, 4) is 0 Å². The van der Waals surface area contributed by atoms with Crippen LogP contribution in [0.1, 0.15) is 40.5 Å². The summed E-state index contributed by atoms with van der Waals surface area (Å²) in [6.07, 6.45) is -3.26. The molecule has 2 aliphatic heterocycles. The predicted molar refractivity (Wildman–Crippen MR) is 77.1 cm³/mol. The Morgan fingerprint density at radius 3 is 1.45 bits per heavy atom. The van der Waals surface area contributed by atoms with Crippen molar-refractivity contribution in [3.63, 3.8) is 0 Å². The Bertz CT molecular complexity index is 337. The molecule has 22 heavy (non-hydrogen) atoms. The fourth-order valence-electron chi connectivity index (χ4n) is 2.77. The van der Waals surface area contributed by atoms with Crippen molar-refractivity contribution in [1.29, 1.82) is 0 Å². The van der Waals surface area contributed by atoms with Gasteiger partial charge < -0.3 is 34.3 Å². The first-order valence-electron chi connectivity index (χ1n) is 7.76. The molecule has 2 heterocycles. The highest BCUT2D eigenvalue weighted by atomic mass is 16.8. The molecule has 2 fully saturated rings. The van der Waals surface area contributed by atoms with Crippen LogP contribution in [0.2, 0.25) is 0 Å². The lowest BCUT2D eigenvalue weighted by Crippen LogP contribution is -2.37. The molecular weight excluding hydrogens is 292 g/mol. The average Bonchev–Trinajstić information content (AvgIpc) is 2.91. The fraction of sp³-hybridized carbons (Fsp3) is 1.00. The van der Waals surface area contributed by atoms with Crippen molar-refractivity contribution in [3.05, 3.63) is 0 Å². The van der Waals surface area contributed by atoms with Crippen molar-refractivity contribution in [1.82, 2.24) is 0 Å². The summed E-state index contributed by atoms with van der Waals surface area (Å²) in [5.41, 5.74) is 0. The molecule has 0 aromatic heterocycles. The summed E-state index contributed by atoms with van der Waals surface area (Å²) >= 11 is 0. The van der Waals surface area contributed by atoms with Crippen molar-refractivity contribution < 1.29 is 34.3 Å². The van der Waals surface area contributed by atoms with E-state index in [0.717, 1.165) is 0 Å². The third-order valence-electron chi connectivity index (χ3n) is 3.95. The second-order valence-electron chi connectivity index (χ2n) is 6.99. The summed E-state index contributed by atoms with van der Waals surface area (Å²) in [6, 6.07) is 0. The van der Waals surface area contributed by atoms with Gasteiger partial charge in [-0.3, -0.25) is 0 Å². The highest BCUT2D eigenvalue weighted by Gasteiger charge is 2.39. The number of ether oxygens (including phenoxy) is 4. The number of hydrogen-bond acceptors (Lipinski definition) is 7. The summed E-state index contributed by atoms with van der Waals surface area (Å²) in [4.78, 5) is 0. The molecule has 0 aromatic carbocycles. The van der Waals surface area contributed by atoms with Crippen LogP contribution in [0, 0.1) is 0 Å². The van der Waals surface area contributed by atoms with Gasteiger partial charge in [0.15, 0.2) is 11.6 Å². The standard InChI is InChI=1S/C15H28O7/c1-14(2)19-7-12(21-14)10(17)5-9(16)6-11(18)13-8-20-15(3,4)22-13/h9-13,16-18H,5-8H2,1-4H3/t9?,10?,11?,12-,13-/m1/s1. The molecule has 0 saturated carbocycles. The number of hydrogen-bond donors (Lipinski definition) is 3. The molecule has 0 aliphatic carbocycles. The van der Waals surface area contributed by atoms with Gasteiger partial charge in [-0.15, -0.1) is 0 Å². The first-order chi connectivity index (χ1) is 10.1. The van der Waals surface area contributed by atoms with E-state index in [1.807, 2.05) is 0 Å².